The summed E-state index contributed by atoms with van der Waals surface area (Å²) in [6.45, 7) is 1.56. The second kappa shape index (κ2) is 2.03. The summed E-state index contributed by atoms with van der Waals surface area (Å²) in [6.07, 6.45) is 0. The average Bonchev–Trinajstić information content (AvgIpc) is 2.17. The molecule has 0 radical (unpaired) electrons. The molecule has 0 aliphatic carbocycles. The molecular weight excluding hydrogens is 132 g/mol. The molecule has 1 aromatic rings. The minimum absolute atomic E-state index is 0.0903. The van der Waals surface area contributed by atoms with Gasteiger partial charge in [0.15, 0.2) is 0 Å². The molecule has 1 aromatic heterocycles. The Morgan fingerprint density at radius 3 is 2.50 bits per heavy atom. The van der Waals surface area contributed by atoms with Gasteiger partial charge in [-0.2, -0.15) is 10.0 Å². The zero-order valence-corrected chi connectivity index (χ0v) is 5.71. The van der Waals surface area contributed by atoms with Crippen LogP contribution in [0.25, 0.3) is 0 Å². The number of hydrogen-bond donors (Lipinski definition) is 0. The summed E-state index contributed by atoms with van der Waals surface area (Å²) in [5, 5.41) is 8.36. The number of rotatable bonds is 0. The molecule has 0 fully saturated rings. The fraction of sp³-hybridized carbons (Fsp3) is 0.333. The minimum Gasteiger partial charge on any atom is -0.365 e. The van der Waals surface area contributed by atoms with E-state index in [0.29, 0.717) is 5.56 Å². The number of aromatic nitrogens is 1. The van der Waals surface area contributed by atoms with Gasteiger partial charge in [-0.25, -0.2) is 0 Å². The van der Waals surface area contributed by atoms with Crippen LogP contribution in [0, 0.1) is 18.3 Å². The lowest BCUT2D eigenvalue weighted by Gasteiger charge is -1.79. The summed E-state index contributed by atoms with van der Waals surface area (Å²) in [5.41, 5.74) is 0.113. The van der Waals surface area contributed by atoms with Crippen LogP contribution in [0.4, 0.5) is 0 Å². The summed E-state index contributed by atoms with van der Waals surface area (Å²) in [5.74, 6) is 0.0903. The van der Waals surface area contributed by atoms with Crippen molar-refractivity contribution in [2.24, 2.45) is 7.05 Å². The Morgan fingerprint density at radius 1 is 1.70 bits per heavy atom. The Kier molecular flexibility index (Phi) is 1.34. The van der Waals surface area contributed by atoms with E-state index in [1.165, 1.54) is 7.05 Å². The van der Waals surface area contributed by atoms with E-state index >= 15 is 0 Å². The van der Waals surface area contributed by atoms with Gasteiger partial charge in [-0.15, -0.1) is 0 Å². The van der Waals surface area contributed by atoms with Crippen molar-refractivity contribution in [1.82, 2.24) is 4.74 Å². The van der Waals surface area contributed by atoms with Gasteiger partial charge in [0, 0.05) is 7.05 Å². The Balaban J connectivity index is 3.50. The van der Waals surface area contributed by atoms with E-state index in [1.54, 1.807) is 13.0 Å². The Labute approximate surface area is 57.3 Å². The van der Waals surface area contributed by atoms with Crippen LogP contribution in [0.2, 0.25) is 0 Å². The highest BCUT2D eigenvalue weighted by molar-refractivity contribution is 5.24. The largest absolute Gasteiger partial charge is 0.365 e. The molecule has 1 heterocycles. The SMILES string of the molecule is Cc1c(C#N)on(C)c1=O. The van der Waals surface area contributed by atoms with Gasteiger partial charge in [0.2, 0.25) is 5.76 Å². The van der Waals surface area contributed by atoms with Gasteiger partial charge < -0.3 is 4.52 Å². The molecule has 0 spiro atoms. The second-order valence-corrected chi connectivity index (χ2v) is 1.96. The van der Waals surface area contributed by atoms with Crippen LogP contribution >= 0.6 is 0 Å². The van der Waals surface area contributed by atoms with Crippen LogP contribution in [-0.2, 0) is 7.05 Å². The van der Waals surface area contributed by atoms with E-state index in [1.807, 2.05) is 0 Å². The van der Waals surface area contributed by atoms with E-state index in [2.05, 4.69) is 0 Å². The highest BCUT2D eigenvalue weighted by Gasteiger charge is 2.08. The fourth-order valence-electron chi connectivity index (χ4n) is 0.684. The maximum atomic E-state index is 10.9. The molecule has 4 nitrogen and oxygen atoms in total. The van der Waals surface area contributed by atoms with Gasteiger partial charge in [0.05, 0.1) is 5.56 Å². The Hall–Kier alpha value is -1.50. The zero-order chi connectivity index (χ0) is 7.72. The van der Waals surface area contributed by atoms with Gasteiger partial charge in [0.25, 0.3) is 5.56 Å². The highest BCUT2D eigenvalue weighted by Crippen LogP contribution is 1.98. The molecule has 0 aromatic carbocycles. The molecule has 0 atom stereocenters. The van der Waals surface area contributed by atoms with Gasteiger partial charge in [-0.3, -0.25) is 4.79 Å². The first-order chi connectivity index (χ1) is 4.66. The second-order valence-electron chi connectivity index (χ2n) is 1.96. The maximum Gasteiger partial charge on any atom is 0.286 e. The normalized spacial score (nSPS) is 9.30. The smallest absolute Gasteiger partial charge is 0.286 e. The van der Waals surface area contributed by atoms with E-state index in [-0.39, 0.29) is 11.3 Å². The molecule has 0 amide bonds. The molecule has 4 heteroatoms. The van der Waals surface area contributed by atoms with Gasteiger partial charge in [-0.05, 0) is 6.92 Å². The highest BCUT2D eigenvalue weighted by atomic mass is 16.5. The molecule has 0 N–H and O–H groups in total. The first-order valence-corrected chi connectivity index (χ1v) is 2.74. The van der Waals surface area contributed by atoms with Crippen molar-refractivity contribution >= 4 is 0 Å². The monoisotopic (exact) mass is 138 g/mol. The molecule has 1 rings (SSSR count). The van der Waals surface area contributed by atoms with E-state index < -0.39 is 0 Å². The average molecular weight is 138 g/mol. The van der Waals surface area contributed by atoms with Gasteiger partial charge >= 0.3 is 0 Å². The van der Waals surface area contributed by atoms with Crippen molar-refractivity contribution in [2.75, 3.05) is 0 Å². The first kappa shape index (κ1) is 6.62. The zero-order valence-electron chi connectivity index (χ0n) is 5.71. The number of nitriles is 1. The van der Waals surface area contributed by atoms with Crippen molar-refractivity contribution < 1.29 is 4.52 Å². The van der Waals surface area contributed by atoms with Crippen LogP contribution in [0.1, 0.15) is 11.3 Å². The van der Waals surface area contributed by atoms with E-state index in [4.69, 9.17) is 9.78 Å². The molecule has 52 valence electrons. The third-order valence-electron chi connectivity index (χ3n) is 1.28. The van der Waals surface area contributed by atoms with Crippen molar-refractivity contribution in [2.45, 2.75) is 6.92 Å². The van der Waals surface area contributed by atoms with Crippen molar-refractivity contribution in [3.63, 3.8) is 0 Å². The van der Waals surface area contributed by atoms with Crippen LogP contribution in [-0.4, -0.2) is 4.74 Å². The van der Waals surface area contributed by atoms with E-state index in [0.717, 1.165) is 4.74 Å². The Bertz CT molecular complexity index is 340. The van der Waals surface area contributed by atoms with Crippen molar-refractivity contribution in [1.29, 1.82) is 5.26 Å². The summed E-state index contributed by atoms with van der Waals surface area (Å²) in [7, 11) is 1.47. The summed E-state index contributed by atoms with van der Waals surface area (Å²) in [6, 6.07) is 1.77. The number of aryl methyl sites for hydroxylation is 1. The lowest BCUT2D eigenvalue weighted by molar-refractivity contribution is 0.291. The molecule has 0 unspecified atom stereocenters. The number of hydrogen-bond acceptors (Lipinski definition) is 3. The van der Waals surface area contributed by atoms with Gasteiger partial charge in [0.1, 0.15) is 6.07 Å². The van der Waals surface area contributed by atoms with E-state index in [9.17, 15) is 4.79 Å². The topological polar surface area (TPSA) is 58.9 Å². The first-order valence-electron chi connectivity index (χ1n) is 2.74. The molecule has 0 aliphatic heterocycles. The van der Waals surface area contributed by atoms with Crippen molar-refractivity contribution in [3.8, 4) is 6.07 Å². The summed E-state index contributed by atoms with van der Waals surface area (Å²) in [4.78, 5) is 10.9. The van der Waals surface area contributed by atoms with Crippen LogP contribution in [0.3, 0.4) is 0 Å². The lowest BCUT2D eigenvalue weighted by Crippen LogP contribution is -2.11. The molecule has 10 heavy (non-hydrogen) atoms. The molecule has 0 saturated carbocycles. The molecular formula is C6H6N2O2. The predicted molar refractivity (Wildman–Crippen MR) is 33.4 cm³/mol. The summed E-state index contributed by atoms with van der Waals surface area (Å²) >= 11 is 0. The minimum atomic E-state index is -0.253. The third-order valence-corrected chi connectivity index (χ3v) is 1.28. The summed E-state index contributed by atoms with van der Waals surface area (Å²) < 4.78 is 5.77. The standard InChI is InChI=1S/C6H6N2O2/c1-4-5(3-7)10-8(2)6(4)9/h1-2H3. The predicted octanol–water partition coefficient (Wildman–Crippen LogP) is 0.158. The van der Waals surface area contributed by atoms with Crippen LogP contribution < -0.4 is 5.56 Å². The van der Waals surface area contributed by atoms with Crippen LogP contribution in [0.15, 0.2) is 9.32 Å². The fourth-order valence-corrected chi connectivity index (χ4v) is 0.684. The maximum absolute atomic E-state index is 10.9. The Morgan fingerprint density at radius 2 is 2.30 bits per heavy atom. The van der Waals surface area contributed by atoms with Gasteiger partial charge in [-0.1, -0.05) is 0 Å². The number of nitrogens with zero attached hydrogens (tertiary/aromatic N) is 2. The molecule has 0 saturated heterocycles. The molecule has 0 aliphatic rings. The molecule has 0 bridgehead atoms. The third kappa shape index (κ3) is 0.722. The lowest BCUT2D eigenvalue weighted by atomic mass is 10.3. The van der Waals surface area contributed by atoms with Crippen molar-refractivity contribution in [3.05, 3.63) is 21.7 Å². The quantitative estimate of drug-likeness (QED) is 0.513. The van der Waals surface area contributed by atoms with Crippen LogP contribution in [0.5, 0.6) is 0 Å².